The van der Waals surface area contributed by atoms with Gasteiger partial charge in [-0.3, -0.25) is 14.5 Å². The van der Waals surface area contributed by atoms with Crippen molar-refractivity contribution >= 4 is 17.5 Å². The maximum atomic E-state index is 13.0. The Labute approximate surface area is 201 Å². The Morgan fingerprint density at radius 3 is 2.74 bits per heavy atom. The monoisotopic (exact) mass is 466 g/mol. The van der Waals surface area contributed by atoms with Gasteiger partial charge >= 0.3 is 0 Å². The molecule has 1 unspecified atom stereocenters. The van der Waals surface area contributed by atoms with Crippen molar-refractivity contribution in [1.82, 2.24) is 15.1 Å². The molecule has 2 heterocycles. The number of nitrogens with one attached hydrogen (secondary N) is 2. The number of fused-ring (bicyclic) bond motifs is 1. The summed E-state index contributed by atoms with van der Waals surface area (Å²) in [5.41, 5.74) is 3.06. The molecule has 34 heavy (non-hydrogen) atoms. The molecule has 1 fully saturated rings. The van der Waals surface area contributed by atoms with Crippen LogP contribution in [0.5, 0.6) is 0 Å². The summed E-state index contributed by atoms with van der Waals surface area (Å²) in [6.07, 6.45) is 1.37. The van der Waals surface area contributed by atoms with E-state index < -0.39 is 0 Å². The molecule has 2 aromatic carbocycles. The van der Waals surface area contributed by atoms with Crippen LogP contribution in [0.15, 0.2) is 48.5 Å². The van der Waals surface area contributed by atoms with Crippen molar-refractivity contribution in [1.29, 1.82) is 0 Å². The van der Waals surface area contributed by atoms with Crippen LogP contribution >= 0.6 is 0 Å². The molecule has 2 N–H and O–H groups in total. The van der Waals surface area contributed by atoms with Gasteiger partial charge in [0.2, 0.25) is 0 Å². The molecule has 8 nitrogen and oxygen atoms in total. The molecule has 182 valence electrons. The summed E-state index contributed by atoms with van der Waals surface area (Å²) >= 11 is 0. The number of anilines is 1. The van der Waals surface area contributed by atoms with Gasteiger partial charge in [-0.25, -0.2) is 0 Å². The predicted octanol–water partition coefficient (Wildman–Crippen LogP) is 2.74. The Morgan fingerprint density at radius 2 is 1.91 bits per heavy atom. The Hall–Kier alpha value is -2.94. The number of morpholine rings is 1. The summed E-state index contributed by atoms with van der Waals surface area (Å²) in [7, 11) is 1.66. The molecule has 2 aliphatic heterocycles. The molecular weight excluding hydrogens is 432 g/mol. The van der Waals surface area contributed by atoms with Crippen LogP contribution in [0.25, 0.3) is 0 Å². The molecule has 0 saturated carbocycles. The van der Waals surface area contributed by atoms with Crippen LogP contribution in [-0.2, 0) is 9.47 Å². The van der Waals surface area contributed by atoms with Gasteiger partial charge in [0.05, 0.1) is 13.2 Å². The average molecular weight is 467 g/mol. The third kappa shape index (κ3) is 5.94. The summed E-state index contributed by atoms with van der Waals surface area (Å²) in [4.78, 5) is 29.9. The molecule has 4 rings (SSSR count). The van der Waals surface area contributed by atoms with Gasteiger partial charge in [-0.2, -0.15) is 0 Å². The van der Waals surface area contributed by atoms with Gasteiger partial charge in [0, 0.05) is 62.3 Å². The molecule has 0 aromatic heterocycles. The highest BCUT2D eigenvalue weighted by atomic mass is 16.5. The smallest absolute Gasteiger partial charge is 0.256 e. The standard InChI is InChI=1S/C26H34N4O4/c1-33-16-6-13-30-24(22-9-2-3-10-23(22)26(30)32)28-21-8-4-7-20(19-21)25(31)27-11-5-12-29-14-17-34-18-15-29/h2-4,7-10,19,24,28H,5-6,11-18H2,1H3,(H,27,31). The third-order valence-electron chi connectivity index (χ3n) is 6.27. The summed E-state index contributed by atoms with van der Waals surface area (Å²) in [5.74, 6) is -0.0798. The second-order valence-corrected chi connectivity index (χ2v) is 8.62. The van der Waals surface area contributed by atoms with Crippen molar-refractivity contribution in [2.24, 2.45) is 0 Å². The predicted molar refractivity (Wildman–Crippen MR) is 131 cm³/mol. The molecule has 2 amide bonds. The fourth-order valence-corrected chi connectivity index (χ4v) is 4.48. The van der Waals surface area contributed by atoms with Crippen molar-refractivity contribution in [3.63, 3.8) is 0 Å². The van der Waals surface area contributed by atoms with E-state index in [2.05, 4.69) is 15.5 Å². The van der Waals surface area contributed by atoms with Gasteiger partial charge in [0.15, 0.2) is 0 Å². The summed E-state index contributed by atoms with van der Waals surface area (Å²) in [5, 5.41) is 6.50. The number of rotatable bonds is 11. The van der Waals surface area contributed by atoms with E-state index in [4.69, 9.17) is 9.47 Å². The number of hydrogen-bond donors (Lipinski definition) is 2. The molecule has 1 atom stereocenters. The average Bonchev–Trinajstić information content (AvgIpc) is 3.13. The molecule has 8 heteroatoms. The van der Waals surface area contributed by atoms with Crippen LogP contribution < -0.4 is 10.6 Å². The highest BCUT2D eigenvalue weighted by molar-refractivity contribution is 5.99. The largest absolute Gasteiger partial charge is 0.385 e. The lowest BCUT2D eigenvalue weighted by Crippen LogP contribution is -2.38. The van der Waals surface area contributed by atoms with Crippen molar-refractivity contribution in [3.05, 3.63) is 65.2 Å². The Kier molecular flexibility index (Phi) is 8.51. The van der Waals surface area contributed by atoms with Crippen molar-refractivity contribution < 1.29 is 19.1 Å². The first-order chi connectivity index (χ1) is 16.7. The number of methoxy groups -OCH3 is 1. The minimum absolute atomic E-state index is 0.0124. The molecule has 0 aliphatic carbocycles. The van der Waals surface area contributed by atoms with E-state index in [0.29, 0.717) is 30.8 Å². The van der Waals surface area contributed by atoms with Gasteiger partial charge in [0.25, 0.3) is 11.8 Å². The minimum atomic E-state index is -0.285. The van der Waals surface area contributed by atoms with Gasteiger partial charge in [0.1, 0.15) is 6.17 Å². The molecule has 0 radical (unpaired) electrons. The Bertz CT molecular complexity index is 977. The zero-order chi connectivity index (χ0) is 23.8. The number of carbonyl (C=O) groups is 2. The maximum absolute atomic E-state index is 13.0. The fraction of sp³-hybridized carbons (Fsp3) is 0.462. The van der Waals surface area contributed by atoms with E-state index in [-0.39, 0.29) is 18.0 Å². The van der Waals surface area contributed by atoms with Gasteiger partial charge in [-0.1, -0.05) is 24.3 Å². The fourth-order valence-electron chi connectivity index (χ4n) is 4.48. The van der Waals surface area contributed by atoms with Gasteiger partial charge < -0.3 is 25.0 Å². The third-order valence-corrected chi connectivity index (χ3v) is 6.27. The van der Waals surface area contributed by atoms with E-state index in [1.165, 1.54) is 0 Å². The zero-order valence-electron chi connectivity index (χ0n) is 19.8. The first kappa shape index (κ1) is 24.2. The van der Waals surface area contributed by atoms with E-state index in [1.54, 1.807) is 7.11 Å². The number of carbonyl (C=O) groups excluding carboxylic acids is 2. The summed E-state index contributed by atoms with van der Waals surface area (Å²) < 4.78 is 10.5. The van der Waals surface area contributed by atoms with E-state index >= 15 is 0 Å². The van der Waals surface area contributed by atoms with E-state index in [0.717, 1.165) is 56.9 Å². The highest BCUT2D eigenvalue weighted by Crippen LogP contribution is 2.34. The lowest BCUT2D eigenvalue weighted by molar-refractivity contribution is 0.0374. The van der Waals surface area contributed by atoms with Crippen molar-refractivity contribution in [2.45, 2.75) is 19.0 Å². The molecule has 2 aliphatic rings. The van der Waals surface area contributed by atoms with Crippen LogP contribution in [0, 0.1) is 0 Å². The number of amides is 2. The Balaban J connectivity index is 1.37. The van der Waals surface area contributed by atoms with Gasteiger partial charge in [-0.15, -0.1) is 0 Å². The van der Waals surface area contributed by atoms with Crippen LogP contribution in [0.1, 0.15) is 45.3 Å². The maximum Gasteiger partial charge on any atom is 0.256 e. The normalized spacial score (nSPS) is 18.1. The molecule has 1 saturated heterocycles. The molecule has 0 bridgehead atoms. The summed E-state index contributed by atoms with van der Waals surface area (Å²) in [6, 6.07) is 15.1. The number of hydrogen-bond acceptors (Lipinski definition) is 6. The van der Waals surface area contributed by atoms with Crippen LogP contribution in [0.3, 0.4) is 0 Å². The van der Waals surface area contributed by atoms with Crippen LogP contribution in [-0.4, -0.2) is 81.3 Å². The lowest BCUT2D eigenvalue weighted by Gasteiger charge is -2.27. The zero-order valence-corrected chi connectivity index (χ0v) is 19.8. The summed E-state index contributed by atoms with van der Waals surface area (Å²) in [6.45, 7) is 6.25. The number of ether oxygens (including phenoxy) is 2. The van der Waals surface area contributed by atoms with E-state index in [1.807, 2.05) is 53.4 Å². The van der Waals surface area contributed by atoms with Crippen molar-refractivity contribution in [2.75, 3.05) is 65.0 Å². The molecule has 2 aromatic rings. The van der Waals surface area contributed by atoms with E-state index in [9.17, 15) is 9.59 Å². The van der Waals surface area contributed by atoms with Crippen LogP contribution in [0.2, 0.25) is 0 Å². The second-order valence-electron chi connectivity index (χ2n) is 8.62. The van der Waals surface area contributed by atoms with Crippen molar-refractivity contribution in [3.8, 4) is 0 Å². The molecule has 0 spiro atoms. The van der Waals surface area contributed by atoms with Gasteiger partial charge in [-0.05, 0) is 43.7 Å². The lowest BCUT2D eigenvalue weighted by atomic mass is 10.1. The first-order valence-corrected chi connectivity index (χ1v) is 12.0. The van der Waals surface area contributed by atoms with Crippen LogP contribution in [0.4, 0.5) is 5.69 Å². The first-order valence-electron chi connectivity index (χ1n) is 12.0. The quantitative estimate of drug-likeness (QED) is 0.496. The number of benzene rings is 2. The topological polar surface area (TPSA) is 83.1 Å². The minimum Gasteiger partial charge on any atom is -0.385 e. The Morgan fingerprint density at radius 1 is 1.09 bits per heavy atom. The highest BCUT2D eigenvalue weighted by Gasteiger charge is 2.36. The number of nitrogens with zero attached hydrogens (tertiary/aromatic N) is 2. The SMILES string of the molecule is COCCCN1C(=O)c2ccccc2C1Nc1cccc(C(=O)NCCCN2CCOCC2)c1. The second kappa shape index (κ2) is 12.0. The molecular formula is C26H34N4O4.